The van der Waals surface area contributed by atoms with Crippen molar-refractivity contribution in [3.63, 3.8) is 0 Å². The number of piperidine rings is 1. The minimum absolute atomic E-state index is 0.0325. The van der Waals surface area contributed by atoms with Crippen molar-refractivity contribution in [2.45, 2.75) is 32.7 Å². The summed E-state index contributed by atoms with van der Waals surface area (Å²) in [6, 6.07) is 7.56. The summed E-state index contributed by atoms with van der Waals surface area (Å²) in [4.78, 5) is 28.3. The summed E-state index contributed by atoms with van der Waals surface area (Å²) in [7, 11) is 3.60. The molecular weight excluding hydrogens is 312 g/mol. The van der Waals surface area contributed by atoms with Crippen molar-refractivity contribution in [3.8, 4) is 0 Å². The molecular formula is C18H25ClN2O2. The zero-order chi connectivity index (χ0) is 17.1. The molecule has 1 aromatic carbocycles. The Morgan fingerprint density at radius 3 is 2.57 bits per heavy atom. The number of amides is 2. The summed E-state index contributed by atoms with van der Waals surface area (Å²) >= 11 is 6.34. The minimum atomic E-state index is -0.229. The quantitative estimate of drug-likeness (QED) is 0.845. The largest absolute Gasteiger partial charge is 0.346 e. The molecule has 2 atom stereocenters. The second-order valence-electron chi connectivity index (χ2n) is 6.66. The van der Waals surface area contributed by atoms with Crippen molar-refractivity contribution in [3.05, 3.63) is 34.9 Å². The molecule has 1 fully saturated rings. The van der Waals surface area contributed by atoms with Crippen molar-refractivity contribution in [2.24, 2.45) is 11.8 Å². The van der Waals surface area contributed by atoms with Gasteiger partial charge < -0.3 is 9.80 Å². The zero-order valence-electron chi connectivity index (χ0n) is 14.3. The van der Waals surface area contributed by atoms with Crippen LogP contribution in [-0.4, -0.2) is 42.3 Å². The number of hydrogen-bond acceptors (Lipinski definition) is 2. The van der Waals surface area contributed by atoms with Gasteiger partial charge in [-0.3, -0.25) is 9.59 Å². The first-order valence-corrected chi connectivity index (χ1v) is 8.45. The van der Waals surface area contributed by atoms with Gasteiger partial charge in [-0.1, -0.05) is 43.6 Å². The van der Waals surface area contributed by atoms with Gasteiger partial charge in [0.25, 0.3) is 0 Å². The summed E-state index contributed by atoms with van der Waals surface area (Å²) in [6.45, 7) is 4.80. The van der Waals surface area contributed by atoms with Crippen LogP contribution in [0.2, 0.25) is 5.02 Å². The molecule has 1 aliphatic rings. The van der Waals surface area contributed by atoms with Gasteiger partial charge in [0.15, 0.2) is 0 Å². The second-order valence-corrected chi connectivity index (χ2v) is 7.07. The third kappa shape index (κ3) is 3.86. The van der Waals surface area contributed by atoms with Crippen LogP contribution in [0.4, 0.5) is 0 Å². The van der Waals surface area contributed by atoms with E-state index < -0.39 is 0 Å². The van der Waals surface area contributed by atoms with E-state index in [-0.39, 0.29) is 29.7 Å². The van der Waals surface area contributed by atoms with Crippen LogP contribution in [0.3, 0.4) is 0 Å². The molecule has 0 aromatic heterocycles. The molecule has 1 heterocycles. The molecule has 1 aromatic rings. The molecule has 0 aliphatic carbocycles. The average Bonchev–Trinajstić information content (AvgIpc) is 2.51. The summed E-state index contributed by atoms with van der Waals surface area (Å²) in [6.07, 6.45) is 1.02. The molecule has 0 N–H and O–H groups in total. The van der Waals surface area contributed by atoms with Crippen LogP contribution in [0.1, 0.15) is 38.3 Å². The molecule has 0 radical (unpaired) electrons. The van der Waals surface area contributed by atoms with Crippen LogP contribution in [0.25, 0.3) is 0 Å². The fourth-order valence-electron chi connectivity index (χ4n) is 3.31. The monoisotopic (exact) mass is 336 g/mol. The van der Waals surface area contributed by atoms with E-state index >= 15 is 0 Å². The molecule has 0 unspecified atom stereocenters. The number of hydrogen-bond donors (Lipinski definition) is 0. The third-order valence-electron chi connectivity index (χ3n) is 4.63. The minimum Gasteiger partial charge on any atom is -0.346 e. The van der Waals surface area contributed by atoms with E-state index in [1.54, 1.807) is 16.8 Å². The first-order valence-electron chi connectivity index (χ1n) is 8.08. The van der Waals surface area contributed by atoms with Crippen LogP contribution < -0.4 is 0 Å². The summed E-state index contributed by atoms with van der Waals surface area (Å²) < 4.78 is 0. The Labute approximate surface area is 143 Å². The maximum atomic E-state index is 12.9. The Morgan fingerprint density at radius 2 is 2.00 bits per heavy atom. The number of carbonyl (C=O) groups is 2. The number of rotatable bonds is 4. The lowest BCUT2D eigenvalue weighted by atomic mass is 9.90. The fraction of sp³-hybridized carbons (Fsp3) is 0.556. The Bertz CT molecular complexity index is 588. The maximum absolute atomic E-state index is 12.9. The van der Waals surface area contributed by atoms with E-state index in [0.29, 0.717) is 18.0 Å². The summed E-state index contributed by atoms with van der Waals surface area (Å²) in [5, 5.41) is 0.672. The first-order chi connectivity index (χ1) is 10.8. The Morgan fingerprint density at radius 1 is 1.35 bits per heavy atom. The van der Waals surface area contributed by atoms with E-state index in [9.17, 15) is 9.59 Å². The normalized spacial score (nSPS) is 19.8. The highest BCUT2D eigenvalue weighted by Crippen LogP contribution is 2.34. The van der Waals surface area contributed by atoms with E-state index in [0.717, 1.165) is 12.0 Å². The van der Waals surface area contributed by atoms with E-state index in [1.165, 1.54) is 0 Å². The third-order valence-corrected chi connectivity index (χ3v) is 4.97. The van der Waals surface area contributed by atoms with Gasteiger partial charge in [-0.25, -0.2) is 0 Å². The fourth-order valence-corrected chi connectivity index (χ4v) is 3.56. The summed E-state index contributed by atoms with van der Waals surface area (Å²) in [5.74, 6) is 0.0742. The molecule has 1 saturated heterocycles. The van der Waals surface area contributed by atoms with E-state index in [2.05, 4.69) is 13.8 Å². The van der Waals surface area contributed by atoms with Crippen LogP contribution >= 0.6 is 11.6 Å². The molecule has 4 nitrogen and oxygen atoms in total. The Kier molecular flexibility index (Phi) is 5.69. The van der Waals surface area contributed by atoms with Gasteiger partial charge in [0.2, 0.25) is 11.8 Å². The average molecular weight is 337 g/mol. The van der Waals surface area contributed by atoms with Gasteiger partial charge >= 0.3 is 0 Å². The molecule has 2 amide bonds. The number of likely N-dealkylation sites (tertiary alicyclic amines) is 1. The van der Waals surface area contributed by atoms with E-state index in [1.807, 2.05) is 31.3 Å². The highest BCUT2D eigenvalue weighted by atomic mass is 35.5. The van der Waals surface area contributed by atoms with Crippen molar-refractivity contribution in [1.29, 1.82) is 0 Å². The standard InChI is InChI=1S/C18H25ClN2O2/c1-12(2)17(14-7-5-6-8-15(14)19)21(4)18(23)13-9-10-20(3)16(22)11-13/h5-8,12-13,17H,9-11H2,1-4H3/t13-,17-/m1/s1. The lowest BCUT2D eigenvalue weighted by Crippen LogP contribution is -2.44. The van der Waals surface area contributed by atoms with Gasteiger partial charge in [-0.15, -0.1) is 0 Å². The smallest absolute Gasteiger partial charge is 0.226 e. The predicted molar refractivity (Wildman–Crippen MR) is 92.2 cm³/mol. The van der Waals surface area contributed by atoms with Crippen molar-refractivity contribution in [1.82, 2.24) is 9.80 Å². The van der Waals surface area contributed by atoms with Gasteiger partial charge in [0.05, 0.1) is 6.04 Å². The highest BCUT2D eigenvalue weighted by Gasteiger charge is 2.34. The van der Waals surface area contributed by atoms with Gasteiger partial charge in [0.1, 0.15) is 0 Å². The first kappa shape index (κ1) is 17.8. The van der Waals surface area contributed by atoms with Gasteiger partial charge in [-0.2, -0.15) is 0 Å². The molecule has 0 bridgehead atoms. The maximum Gasteiger partial charge on any atom is 0.226 e. The molecule has 0 spiro atoms. The summed E-state index contributed by atoms with van der Waals surface area (Å²) in [5.41, 5.74) is 0.958. The number of benzene rings is 1. The Hall–Kier alpha value is -1.55. The number of nitrogens with zero attached hydrogens (tertiary/aromatic N) is 2. The van der Waals surface area contributed by atoms with Crippen molar-refractivity contribution < 1.29 is 9.59 Å². The Balaban J connectivity index is 2.21. The number of carbonyl (C=O) groups excluding carboxylic acids is 2. The molecule has 23 heavy (non-hydrogen) atoms. The lowest BCUT2D eigenvalue weighted by Gasteiger charge is -2.36. The topological polar surface area (TPSA) is 40.6 Å². The highest BCUT2D eigenvalue weighted by molar-refractivity contribution is 6.31. The van der Waals surface area contributed by atoms with Crippen LogP contribution in [0, 0.1) is 11.8 Å². The molecule has 5 heteroatoms. The van der Waals surface area contributed by atoms with Crippen LogP contribution in [-0.2, 0) is 9.59 Å². The molecule has 126 valence electrons. The molecule has 1 aliphatic heterocycles. The second kappa shape index (κ2) is 7.35. The van der Waals surface area contributed by atoms with Crippen molar-refractivity contribution in [2.75, 3.05) is 20.6 Å². The lowest BCUT2D eigenvalue weighted by molar-refractivity contribution is -0.145. The molecule has 0 saturated carbocycles. The van der Waals surface area contributed by atoms with E-state index in [4.69, 9.17) is 11.6 Å². The number of halogens is 1. The van der Waals surface area contributed by atoms with Gasteiger partial charge in [-0.05, 0) is 24.0 Å². The molecule has 2 rings (SSSR count). The van der Waals surface area contributed by atoms with Gasteiger partial charge in [0, 0.05) is 38.0 Å². The van der Waals surface area contributed by atoms with Crippen molar-refractivity contribution >= 4 is 23.4 Å². The SMILES string of the molecule is CC(C)[C@H](c1ccccc1Cl)N(C)C(=O)[C@@H]1CCN(C)C(=O)C1. The van der Waals surface area contributed by atoms with Crippen LogP contribution in [0.15, 0.2) is 24.3 Å². The van der Waals surface area contributed by atoms with Crippen LogP contribution in [0.5, 0.6) is 0 Å². The zero-order valence-corrected chi connectivity index (χ0v) is 15.0. The predicted octanol–water partition coefficient (Wildman–Crippen LogP) is 3.36.